The monoisotopic (exact) mass is 364 g/mol. The second-order valence-corrected chi connectivity index (χ2v) is 6.47. The van der Waals surface area contributed by atoms with E-state index in [1.54, 1.807) is 12.1 Å². The molecule has 1 aromatic carbocycles. The van der Waals surface area contributed by atoms with Crippen LogP contribution in [-0.2, 0) is 4.79 Å². The van der Waals surface area contributed by atoms with Crippen molar-refractivity contribution in [2.24, 2.45) is 0 Å². The van der Waals surface area contributed by atoms with Crippen molar-refractivity contribution in [2.75, 3.05) is 31.5 Å². The Morgan fingerprint density at radius 1 is 1.29 bits per heavy atom. The van der Waals surface area contributed by atoms with Crippen LogP contribution < -0.4 is 10.6 Å². The van der Waals surface area contributed by atoms with Gasteiger partial charge in [-0.05, 0) is 23.8 Å². The number of nitrogens with zero attached hydrogens (tertiary/aromatic N) is 2. The lowest BCUT2D eigenvalue weighted by Gasteiger charge is -2.36. The van der Waals surface area contributed by atoms with Gasteiger partial charge >= 0.3 is 0 Å². The van der Waals surface area contributed by atoms with Crippen molar-refractivity contribution >= 4 is 34.9 Å². The summed E-state index contributed by atoms with van der Waals surface area (Å²) in [6, 6.07) is 11.2. The van der Waals surface area contributed by atoms with Gasteiger partial charge in [0.15, 0.2) is 0 Å². The molecule has 0 radical (unpaired) electrons. The van der Waals surface area contributed by atoms with Crippen LogP contribution in [0.5, 0.6) is 0 Å². The first-order valence-electron chi connectivity index (χ1n) is 7.74. The molecule has 2 N–H and O–H groups in total. The summed E-state index contributed by atoms with van der Waals surface area (Å²) >= 11 is 12.1. The molecule has 126 valence electrons. The lowest BCUT2D eigenvalue weighted by Crippen LogP contribution is -2.48. The molecular formula is C17H18Cl2N4O. The van der Waals surface area contributed by atoms with Crippen LogP contribution in [0.1, 0.15) is 11.6 Å². The van der Waals surface area contributed by atoms with Crippen LogP contribution >= 0.6 is 23.2 Å². The van der Waals surface area contributed by atoms with Crippen LogP contribution in [0.3, 0.4) is 0 Å². The number of nitrogens with one attached hydrogen (secondary N) is 2. The second-order valence-electron chi connectivity index (χ2n) is 5.62. The van der Waals surface area contributed by atoms with E-state index in [9.17, 15) is 4.79 Å². The quantitative estimate of drug-likeness (QED) is 0.875. The zero-order valence-corrected chi connectivity index (χ0v) is 14.5. The van der Waals surface area contributed by atoms with Crippen molar-refractivity contribution in [3.05, 3.63) is 58.2 Å². The van der Waals surface area contributed by atoms with Gasteiger partial charge in [-0.2, -0.15) is 0 Å². The summed E-state index contributed by atoms with van der Waals surface area (Å²) in [6.45, 7) is 2.66. The van der Waals surface area contributed by atoms with E-state index >= 15 is 0 Å². The van der Waals surface area contributed by atoms with Gasteiger partial charge in [-0.1, -0.05) is 41.4 Å². The standard InChI is InChI=1S/C17H18Cl2N4O/c18-12-5-6-16(21-9-12)22-17(24)11-23-8-7-20-10-15(23)13-3-1-2-4-14(13)19/h1-6,9,15,20H,7-8,10-11H2,(H,21,22,24). The molecule has 3 rings (SSSR count). The van der Waals surface area contributed by atoms with Crippen molar-refractivity contribution in [1.82, 2.24) is 15.2 Å². The summed E-state index contributed by atoms with van der Waals surface area (Å²) in [5, 5.41) is 7.41. The van der Waals surface area contributed by atoms with Crippen molar-refractivity contribution in [3.63, 3.8) is 0 Å². The third-order valence-corrected chi connectivity index (χ3v) is 4.53. The first-order chi connectivity index (χ1) is 11.6. The maximum Gasteiger partial charge on any atom is 0.239 e. The van der Waals surface area contributed by atoms with E-state index in [4.69, 9.17) is 23.2 Å². The molecule has 1 aliphatic heterocycles. The average molecular weight is 365 g/mol. The fraction of sp³-hybridized carbons (Fsp3) is 0.294. The number of carbonyl (C=O) groups excluding carboxylic acids is 1. The molecule has 1 amide bonds. The van der Waals surface area contributed by atoms with Crippen molar-refractivity contribution in [1.29, 1.82) is 0 Å². The molecule has 7 heteroatoms. The Morgan fingerprint density at radius 2 is 2.12 bits per heavy atom. The van der Waals surface area contributed by atoms with E-state index in [0.29, 0.717) is 10.8 Å². The van der Waals surface area contributed by atoms with Crippen LogP contribution in [0.15, 0.2) is 42.6 Å². The number of benzene rings is 1. The van der Waals surface area contributed by atoms with Gasteiger partial charge in [0.1, 0.15) is 5.82 Å². The maximum atomic E-state index is 12.3. The lowest BCUT2D eigenvalue weighted by molar-refractivity contribution is -0.118. The third kappa shape index (κ3) is 4.24. The topological polar surface area (TPSA) is 57.3 Å². The van der Waals surface area contributed by atoms with Gasteiger partial charge in [-0.3, -0.25) is 9.69 Å². The number of piperazine rings is 1. The van der Waals surface area contributed by atoms with Crippen LogP contribution in [-0.4, -0.2) is 42.0 Å². The third-order valence-electron chi connectivity index (χ3n) is 3.96. The van der Waals surface area contributed by atoms with Crippen LogP contribution in [0.4, 0.5) is 5.82 Å². The molecule has 5 nitrogen and oxygen atoms in total. The summed E-state index contributed by atoms with van der Waals surface area (Å²) in [4.78, 5) is 18.6. The van der Waals surface area contributed by atoms with Crippen LogP contribution in [0.25, 0.3) is 0 Å². The van der Waals surface area contributed by atoms with Crippen LogP contribution in [0.2, 0.25) is 10.0 Å². The molecule has 1 aliphatic rings. The van der Waals surface area contributed by atoms with E-state index in [1.165, 1.54) is 6.20 Å². The highest BCUT2D eigenvalue weighted by atomic mass is 35.5. The molecule has 0 aliphatic carbocycles. The Morgan fingerprint density at radius 3 is 2.88 bits per heavy atom. The van der Waals surface area contributed by atoms with Crippen molar-refractivity contribution in [3.8, 4) is 0 Å². The number of halogens is 2. The smallest absolute Gasteiger partial charge is 0.239 e. The Balaban J connectivity index is 1.68. The summed E-state index contributed by atoms with van der Waals surface area (Å²) in [5.74, 6) is 0.387. The summed E-state index contributed by atoms with van der Waals surface area (Å²) in [7, 11) is 0. The zero-order chi connectivity index (χ0) is 16.9. The fourth-order valence-electron chi connectivity index (χ4n) is 2.80. The summed E-state index contributed by atoms with van der Waals surface area (Å²) in [6.07, 6.45) is 1.51. The molecule has 2 aromatic rings. The number of anilines is 1. The fourth-order valence-corrected chi connectivity index (χ4v) is 3.18. The number of pyridine rings is 1. The van der Waals surface area contributed by atoms with Gasteiger partial charge in [0.2, 0.25) is 5.91 Å². The second kappa shape index (κ2) is 7.94. The Labute approximate surface area is 151 Å². The first-order valence-corrected chi connectivity index (χ1v) is 8.49. The lowest BCUT2D eigenvalue weighted by atomic mass is 10.0. The van der Waals surface area contributed by atoms with Crippen LogP contribution in [0, 0.1) is 0 Å². The molecule has 1 saturated heterocycles. The Hall–Kier alpha value is -1.66. The number of rotatable bonds is 4. The van der Waals surface area contributed by atoms with E-state index < -0.39 is 0 Å². The summed E-state index contributed by atoms with van der Waals surface area (Å²) < 4.78 is 0. The van der Waals surface area contributed by atoms with Crippen molar-refractivity contribution in [2.45, 2.75) is 6.04 Å². The molecule has 24 heavy (non-hydrogen) atoms. The number of amides is 1. The Kier molecular flexibility index (Phi) is 5.68. The molecular weight excluding hydrogens is 347 g/mol. The molecule has 0 spiro atoms. The minimum atomic E-state index is -0.108. The van der Waals surface area contributed by atoms with E-state index in [-0.39, 0.29) is 18.5 Å². The van der Waals surface area contributed by atoms with Gasteiger partial charge in [0.05, 0.1) is 11.6 Å². The van der Waals surface area contributed by atoms with E-state index in [0.717, 1.165) is 30.2 Å². The van der Waals surface area contributed by atoms with E-state index in [2.05, 4.69) is 20.5 Å². The SMILES string of the molecule is O=C(CN1CCNCC1c1ccccc1Cl)Nc1ccc(Cl)cn1. The molecule has 1 unspecified atom stereocenters. The van der Waals surface area contributed by atoms with Gasteiger partial charge < -0.3 is 10.6 Å². The van der Waals surface area contributed by atoms with Gasteiger partial charge in [-0.15, -0.1) is 0 Å². The normalized spacial score (nSPS) is 18.3. The predicted octanol–water partition coefficient (Wildman–Crippen LogP) is 2.97. The highest BCUT2D eigenvalue weighted by molar-refractivity contribution is 6.31. The van der Waals surface area contributed by atoms with Gasteiger partial charge in [0, 0.05) is 36.9 Å². The molecule has 0 bridgehead atoms. The Bertz CT molecular complexity index is 708. The first kappa shape index (κ1) is 17.2. The van der Waals surface area contributed by atoms with E-state index in [1.807, 2.05) is 24.3 Å². The highest BCUT2D eigenvalue weighted by Gasteiger charge is 2.26. The largest absolute Gasteiger partial charge is 0.314 e. The minimum absolute atomic E-state index is 0.0661. The average Bonchev–Trinajstić information content (AvgIpc) is 2.58. The number of hydrogen-bond acceptors (Lipinski definition) is 4. The van der Waals surface area contributed by atoms with Gasteiger partial charge in [-0.25, -0.2) is 4.98 Å². The number of hydrogen-bond donors (Lipinski definition) is 2. The molecule has 2 heterocycles. The highest BCUT2D eigenvalue weighted by Crippen LogP contribution is 2.28. The minimum Gasteiger partial charge on any atom is -0.314 e. The molecule has 0 saturated carbocycles. The van der Waals surface area contributed by atoms with Crippen molar-refractivity contribution < 1.29 is 4.79 Å². The molecule has 1 aromatic heterocycles. The molecule has 1 fully saturated rings. The number of aromatic nitrogens is 1. The summed E-state index contributed by atoms with van der Waals surface area (Å²) in [5.41, 5.74) is 1.03. The zero-order valence-electron chi connectivity index (χ0n) is 13.0. The maximum absolute atomic E-state index is 12.3. The predicted molar refractivity (Wildman–Crippen MR) is 96.5 cm³/mol. The van der Waals surface area contributed by atoms with Gasteiger partial charge in [0.25, 0.3) is 0 Å². The molecule has 1 atom stereocenters. The number of carbonyl (C=O) groups is 1.